The van der Waals surface area contributed by atoms with E-state index in [2.05, 4.69) is 19.2 Å². The molecule has 0 saturated heterocycles. The molecule has 0 aromatic rings. The largest absolute Gasteiger partial charge is 0.320 e. The summed E-state index contributed by atoms with van der Waals surface area (Å²) < 4.78 is 0. The molecular weight excluding hydrogens is 146 g/mol. The zero-order chi connectivity index (χ0) is 9.23. The van der Waals surface area contributed by atoms with Gasteiger partial charge in [0.25, 0.3) is 0 Å². The van der Waals surface area contributed by atoms with Gasteiger partial charge in [0.05, 0.1) is 0 Å². The lowest BCUT2D eigenvalue weighted by Crippen LogP contribution is -2.08. The molecule has 0 aliphatic heterocycles. The van der Waals surface area contributed by atoms with E-state index in [-0.39, 0.29) is 0 Å². The molecule has 1 atom stereocenters. The smallest absolute Gasteiger partial charge is 0.00519 e. The Balaban J connectivity index is 3.19. The second kappa shape index (κ2) is 9.05. The zero-order valence-corrected chi connectivity index (χ0v) is 9.03. The van der Waals surface area contributed by atoms with E-state index in [9.17, 15) is 0 Å². The van der Waals surface area contributed by atoms with Gasteiger partial charge in [-0.25, -0.2) is 0 Å². The summed E-state index contributed by atoms with van der Waals surface area (Å²) in [6, 6.07) is 0. The minimum atomic E-state index is 0.992. The second-order valence-electron chi connectivity index (χ2n) is 3.66. The molecule has 0 aromatic carbocycles. The van der Waals surface area contributed by atoms with Crippen LogP contribution in [0, 0.1) is 5.92 Å². The van der Waals surface area contributed by atoms with Crippen molar-refractivity contribution in [3.8, 4) is 0 Å². The second-order valence-corrected chi connectivity index (χ2v) is 3.66. The molecule has 0 amide bonds. The first-order chi connectivity index (χ1) is 5.85. The average Bonchev–Trinajstić information content (AvgIpc) is 2.10. The Morgan fingerprint density at radius 1 is 1.08 bits per heavy atom. The number of nitrogens with one attached hydrogen (secondary N) is 1. The van der Waals surface area contributed by atoms with Crippen LogP contribution in [-0.2, 0) is 0 Å². The van der Waals surface area contributed by atoms with E-state index in [4.69, 9.17) is 0 Å². The maximum Gasteiger partial charge on any atom is -0.00519 e. The van der Waals surface area contributed by atoms with E-state index in [1.165, 1.54) is 45.1 Å². The highest BCUT2D eigenvalue weighted by Gasteiger charge is 2.03. The van der Waals surface area contributed by atoms with Crippen molar-refractivity contribution < 1.29 is 0 Å². The Labute approximate surface area is 77.9 Å². The van der Waals surface area contributed by atoms with Crippen LogP contribution in [0.1, 0.15) is 52.4 Å². The molecule has 0 aromatic heterocycles. The van der Waals surface area contributed by atoms with Crippen LogP contribution in [0.25, 0.3) is 0 Å². The van der Waals surface area contributed by atoms with Gasteiger partial charge < -0.3 is 5.32 Å². The normalized spacial score (nSPS) is 13.2. The van der Waals surface area contributed by atoms with Crippen LogP contribution >= 0.6 is 0 Å². The molecule has 1 N–H and O–H groups in total. The first kappa shape index (κ1) is 12.0. The van der Waals surface area contributed by atoms with Gasteiger partial charge in [0.2, 0.25) is 0 Å². The van der Waals surface area contributed by atoms with E-state index in [0.717, 1.165) is 5.92 Å². The summed E-state index contributed by atoms with van der Waals surface area (Å²) in [7, 11) is 2.03. The third kappa shape index (κ3) is 6.66. The maximum atomic E-state index is 3.19. The van der Waals surface area contributed by atoms with Crippen LogP contribution in [0.5, 0.6) is 0 Å². The van der Waals surface area contributed by atoms with Crippen molar-refractivity contribution >= 4 is 0 Å². The summed E-state index contributed by atoms with van der Waals surface area (Å²) in [6.45, 7) is 5.79. The molecule has 1 unspecified atom stereocenters. The third-order valence-corrected chi connectivity index (χ3v) is 2.56. The molecule has 0 aliphatic rings. The fourth-order valence-corrected chi connectivity index (χ4v) is 1.70. The van der Waals surface area contributed by atoms with Crippen molar-refractivity contribution in [2.45, 2.75) is 52.4 Å². The van der Waals surface area contributed by atoms with Gasteiger partial charge in [0.15, 0.2) is 0 Å². The van der Waals surface area contributed by atoms with Gasteiger partial charge in [0.1, 0.15) is 0 Å². The van der Waals surface area contributed by atoms with Crippen molar-refractivity contribution in [2.75, 3.05) is 13.6 Å². The van der Waals surface area contributed by atoms with Crippen molar-refractivity contribution in [3.05, 3.63) is 0 Å². The standard InChI is InChI=1S/C11H25N/c1-4-8-11(5-2)9-6-7-10-12-3/h11-12H,4-10H2,1-3H3. The Morgan fingerprint density at radius 2 is 1.83 bits per heavy atom. The highest BCUT2D eigenvalue weighted by Crippen LogP contribution is 2.17. The molecular formula is C11H25N. The van der Waals surface area contributed by atoms with Crippen molar-refractivity contribution in [3.63, 3.8) is 0 Å². The molecule has 1 heteroatoms. The summed E-state index contributed by atoms with van der Waals surface area (Å²) in [5, 5.41) is 3.19. The lowest BCUT2D eigenvalue weighted by molar-refractivity contribution is 0.412. The van der Waals surface area contributed by atoms with Crippen LogP contribution in [0.3, 0.4) is 0 Å². The highest BCUT2D eigenvalue weighted by molar-refractivity contribution is 4.57. The molecule has 0 radical (unpaired) electrons. The molecule has 0 spiro atoms. The van der Waals surface area contributed by atoms with E-state index in [1.54, 1.807) is 0 Å². The van der Waals surface area contributed by atoms with Gasteiger partial charge in [-0.1, -0.05) is 46.0 Å². The number of hydrogen-bond donors (Lipinski definition) is 1. The maximum absolute atomic E-state index is 3.19. The van der Waals surface area contributed by atoms with Crippen LogP contribution in [0.2, 0.25) is 0 Å². The molecule has 0 aliphatic carbocycles. The molecule has 0 saturated carbocycles. The molecule has 12 heavy (non-hydrogen) atoms. The summed E-state index contributed by atoms with van der Waals surface area (Å²) >= 11 is 0. The van der Waals surface area contributed by atoms with E-state index in [1.807, 2.05) is 7.05 Å². The number of unbranched alkanes of at least 4 members (excludes halogenated alkanes) is 1. The fraction of sp³-hybridized carbons (Fsp3) is 1.00. The molecule has 0 bridgehead atoms. The summed E-state index contributed by atoms with van der Waals surface area (Å²) in [6.07, 6.45) is 8.33. The van der Waals surface area contributed by atoms with Gasteiger partial charge in [0, 0.05) is 0 Å². The van der Waals surface area contributed by atoms with Crippen LogP contribution < -0.4 is 5.32 Å². The average molecular weight is 171 g/mol. The SMILES string of the molecule is CCCC(CC)CCCCNC. The predicted molar refractivity (Wildman–Crippen MR) is 56.5 cm³/mol. The molecule has 0 fully saturated rings. The minimum Gasteiger partial charge on any atom is -0.320 e. The monoisotopic (exact) mass is 171 g/mol. The fourth-order valence-electron chi connectivity index (χ4n) is 1.70. The zero-order valence-electron chi connectivity index (χ0n) is 9.03. The third-order valence-electron chi connectivity index (χ3n) is 2.56. The predicted octanol–water partition coefficient (Wildman–Crippen LogP) is 3.20. The van der Waals surface area contributed by atoms with Gasteiger partial charge in [-0.15, -0.1) is 0 Å². The van der Waals surface area contributed by atoms with Crippen molar-refractivity contribution in [1.82, 2.24) is 5.32 Å². The van der Waals surface area contributed by atoms with E-state index < -0.39 is 0 Å². The Morgan fingerprint density at radius 3 is 2.33 bits per heavy atom. The first-order valence-electron chi connectivity index (χ1n) is 5.49. The van der Waals surface area contributed by atoms with Gasteiger partial charge in [-0.05, 0) is 25.9 Å². The lowest BCUT2D eigenvalue weighted by atomic mass is 9.95. The molecule has 0 heterocycles. The molecule has 0 rings (SSSR count). The van der Waals surface area contributed by atoms with Gasteiger partial charge in [-0.3, -0.25) is 0 Å². The Bertz CT molecular complexity index is 81.1. The quantitative estimate of drug-likeness (QED) is 0.553. The summed E-state index contributed by atoms with van der Waals surface area (Å²) in [4.78, 5) is 0. The van der Waals surface area contributed by atoms with Crippen LogP contribution in [0.4, 0.5) is 0 Å². The summed E-state index contributed by atoms with van der Waals surface area (Å²) in [5.74, 6) is 0.992. The number of rotatable bonds is 8. The molecule has 1 nitrogen and oxygen atoms in total. The van der Waals surface area contributed by atoms with Gasteiger partial charge in [-0.2, -0.15) is 0 Å². The molecule has 74 valence electrons. The minimum absolute atomic E-state index is 0.992. The van der Waals surface area contributed by atoms with E-state index >= 15 is 0 Å². The summed E-state index contributed by atoms with van der Waals surface area (Å²) in [5.41, 5.74) is 0. The van der Waals surface area contributed by atoms with E-state index in [0.29, 0.717) is 0 Å². The Kier molecular flexibility index (Phi) is 9.02. The Hall–Kier alpha value is -0.0400. The van der Waals surface area contributed by atoms with Crippen molar-refractivity contribution in [1.29, 1.82) is 0 Å². The lowest BCUT2D eigenvalue weighted by Gasteiger charge is -2.12. The van der Waals surface area contributed by atoms with Crippen molar-refractivity contribution in [2.24, 2.45) is 5.92 Å². The topological polar surface area (TPSA) is 12.0 Å². The van der Waals surface area contributed by atoms with Crippen LogP contribution in [0.15, 0.2) is 0 Å². The van der Waals surface area contributed by atoms with Gasteiger partial charge >= 0.3 is 0 Å². The highest BCUT2D eigenvalue weighted by atomic mass is 14.8. The first-order valence-corrected chi connectivity index (χ1v) is 5.49. The number of hydrogen-bond acceptors (Lipinski definition) is 1. The van der Waals surface area contributed by atoms with Crippen LogP contribution in [-0.4, -0.2) is 13.6 Å².